The Morgan fingerprint density at radius 3 is 2.71 bits per heavy atom. The maximum atomic E-state index is 5.67. The second-order valence-electron chi connectivity index (χ2n) is 4.95. The molecule has 2 rings (SSSR count). The third-order valence-electron chi connectivity index (χ3n) is 3.26. The topological polar surface area (TPSA) is 38.9 Å². The van der Waals surface area contributed by atoms with Crippen LogP contribution in [-0.2, 0) is 6.42 Å². The van der Waals surface area contributed by atoms with Gasteiger partial charge in [0.25, 0.3) is 0 Å². The van der Waals surface area contributed by atoms with Gasteiger partial charge in [-0.25, -0.2) is 0 Å². The Labute approximate surface area is 103 Å². The fourth-order valence-electron chi connectivity index (χ4n) is 2.17. The SMILES string of the molecule is Cc1cc(CC(C)CN)nc2c(C)cccc12. The van der Waals surface area contributed by atoms with E-state index in [-0.39, 0.29) is 0 Å². The van der Waals surface area contributed by atoms with Crippen molar-refractivity contribution in [2.24, 2.45) is 11.7 Å². The molecule has 90 valence electrons. The molecule has 2 nitrogen and oxygen atoms in total. The zero-order chi connectivity index (χ0) is 12.4. The second kappa shape index (κ2) is 4.84. The molecular weight excluding hydrogens is 208 g/mol. The average Bonchev–Trinajstić information content (AvgIpc) is 2.30. The van der Waals surface area contributed by atoms with E-state index in [1.807, 2.05) is 0 Å². The normalized spacial score (nSPS) is 12.9. The lowest BCUT2D eigenvalue weighted by atomic mass is 10.0. The molecule has 0 aliphatic heterocycles. The minimum Gasteiger partial charge on any atom is -0.330 e. The molecule has 0 fully saturated rings. The molecule has 0 aliphatic carbocycles. The lowest BCUT2D eigenvalue weighted by molar-refractivity contribution is 0.585. The van der Waals surface area contributed by atoms with Crippen LogP contribution < -0.4 is 5.73 Å². The van der Waals surface area contributed by atoms with Crippen LogP contribution in [0.15, 0.2) is 24.3 Å². The van der Waals surface area contributed by atoms with Crippen molar-refractivity contribution in [2.45, 2.75) is 27.2 Å². The van der Waals surface area contributed by atoms with Crippen LogP contribution >= 0.6 is 0 Å². The molecule has 1 aromatic carbocycles. The highest BCUT2D eigenvalue weighted by atomic mass is 14.7. The smallest absolute Gasteiger partial charge is 0.0737 e. The zero-order valence-electron chi connectivity index (χ0n) is 10.8. The molecule has 0 radical (unpaired) electrons. The second-order valence-corrected chi connectivity index (χ2v) is 4.95. The number of pyridine rings is 1. The molecule has 0 amide bonds. The molecule has 0 saturated heterocycles. The van der Waals surface area contributed by atoms with E-state index >= 15 is 0 Å². The maximum Gasteiger partial charge on any atom is 0.0737 e. The summed E-state index contributed by atoms with van der Waals surface area (Å²) in [7, 11) is 0. The summed E-state index contributed by atoms with van der Waals surface area (Å²) in [5, 5.41) is 1.26. The highest BCUT2D eigenvalue weighted by Gasteiger charge is 2.07. The molecule has 1 heterocycles. The standard InChI is InChI=1S/C15H20N2/c1-10(9-16)7-13-8-12(3)14-6-4-5-11(2)15(14)17-13/h4-6,8,10H,7,9,16H2,1-3H3. The Morgan fingerprint density at radius 1 is 1.24 bits per heavy atom. The van der Waals surface area contributed by atoms with Gasteiger partial charge >= 0.3 is 0 Å². The van der Waals surface area contributed by atoms with E-state index < -0.39 is 0 Å². The van der Waals surface area contributed by atoms with Crippen LogP contribution in [0.2, 0.25) is 0 Å². The van der Waals surface area contributed by atoms with Gasteiger partial charge in [-0.2, -0.15) is 0 Å². The summed E-state index contributed by atoms with van der Waals surface area (Å²) < 4.78 is 0. The fourth-order valence-corrected chi connectivity index (χ4v) is 2.17. The van der Waals surface area contributed by atoms with Gasteiger partial charge in [-0.3, -0.25) is 4.98 Å². The lowest BCUT2D eigenvalue weighted by Crippen LogP contribution is -2.14. The Morgan fingerprint density at radius 2 is 2.00 bits per heavy atom. The van der Waals surface area contributed by atoms with Gasteiger partial charge in [0, 0.05) is 11.1 Å². The first kappa shape index (κ1) is 12.1. The van der Waals surface area contributed by atoms with Crippen molar-refractivity contribution in [1.29, 1.82) is 0 Å². The van der Waals surface area contributed by atoms with Gasteiger partial charge < -0.3 is 5.73 Å². The summed E-state index contributed by atoms with van der Waals surface area (Å²) in [6, 6.07) is 8.54. The Balaban J connectivity index is 2.50. The van der Waals surface area contributed by atoms with Crippen LogP contribution in [0.1, 0.15) is 23.7 Å². The molecule has 0 bridgehead atoms. The molecule has 2 N–H and O–H groups in total. The monoisotopic (exact) mass is 228 g/mol. The van der Waals surface area contributed by atoms with Crippen molar-refractivity contribution >= 4 is 10.9 Å². The number of benzene rings is 1. The average molecular weight is 228 g/mol. The third-order valence-corrected chi connectivity index (χ3v) is 3.26. The molecule has 2 aromatic rings. The molecule has 17 heavy (non-hydrogen) atoms. The van der Waals surface area contributed by atoms with E-state index in [4.69, 9.17) is 10.7 Å². The van der Waals surface area contributed by atoms with Crippen molar-refractivity contribution in [3.63, 3.8) is 0 Å². The Hall–Kier alpha value is -1.41. The van der Waals surface area contributed by atoms with Gasteiger partial charge in [-0.05, 0) is 49.9 Å². The predicted octanol–water partition coefficient (Wildman–Crippen LogP) is 2.99. The number of aromatic nitrogens is 1. The first-order valence-corrected chi connectivity index (χ1v) is 6.17. The van der Waals surface area contributed by atoms with Gasteiger partial charge in [0.15, 0.2) is 0 Å². The number of nitrogens with two attached hydrogens (primary N) is 1. The molecule has 1 unspecified atom stereocenters. The zero-order valence-corrected chi connectivity index (χ0v) is 10.8. The van der Waals surface area contributed by atoms with Gasteiger partial charge in [-0.1, -0.05) is 25.1 Å². The van der Waals surface area contributed by atoms with Crippen LogP contribution in [0.25, 0.3) is 10.9 Å². The third kappa shape index (κ3) is 2.47. The van der Waals surface area contributed by atoms with Gasteiger partial charge in [0.05, 0.1) is 5.52 Å². The predicted molar refractivity (Wildman–Crippen MR) is 73.1 cm³/mol. The van der Waals surface area contributed by atoms with Crippen LogP contribution in [0.5, 0.6) is 0 Å². The van der Waals surface area contributed by atoms with Gasteiger partial charge in [-0.15, -0.1) is 0 Å². The van der Waals surface area contributed by atoms with Crippen molar-refractivity contribution in [1.82, 2.24) is 4.98 Å². The van der Waals surface area contributed by atoms with E-state index in [1.54, 1.807) is 0 Å². The minimum absolute atomic E-state index is 0.489. The molecular formula is C15H20N2. The summed E-state index contributed by atoms with van der Waals surface area (Å²) in [6.07, 6.45) is 0.960. The number of fused-ring (bicyclic) bond motifs is 1. The fraction of sp³-hybridized carbons (Fsp3) is 0.400. The molecule has 1 aromatic heterocycles. The van der Waals surface area contributed by atoms with Gasteiger partial charge in [0.2, 0.25) is 0 Å². The summed E-state index contributed by atoms with van der Waals surface area (Å²) in [5.74, 6) is 0.489. The quantitative estimate of drug-likeness (QED) is 0.877. The maximum absolute atomic E-state index is 5.67. The van der Waals surface area contributed by atoms with E-state index in [9.17, 15) is 0 Å². The Kier molecular flexibility index (Phi) is 3.43. The number of hydrogen-bond donors (Lipinski definition) is 1. The van der Waals surface area contributed by atoms with Crippen molar-refractivity contribution in [3.05, 3.63) is 41.1 Å². The van der Waals surface area contributed by atoms with Crippen molar-refractivity contribution in [2.75, 3.05) is 6.54 Å². The molecule has 2 heteroatoms. The van der Waals surface area contributed by atoms with Crippen LogP contribution in [-0.4, -0.2) is 11.5 Å². The summed E-state index contributed by atoms with van der Waals surface area (Å²) >= 11 is 0. The van der Waals surface area contributed by atoms with E-state index in [2.05, 4.69) is 45.0 Å². The van der Waals surface area contributed by atoms with Crippen LogP contribution in [0.4, 0.5) is 0 Å². The van der Waals surface area contributed by atoms with E-state index in [0.717, 1.165) is 17.6 Å². The summed E-state index contributed by atoms with van der Waals surface area (Å²) in [5.41, 5.74) is 10.5. The van der Waals surface area contributed by atoms with Crippen LogP contribution in [0, 0.1) is 19.8 Å². The molecule has 1 atom stereocenters. The number of rotatable bonds is 3. The van der Waals surface area contributed by atoms with Crippen molar-refractivity contribution in [3.8, 4) is 0 Å². The molecule has 0 saturated carbocycles. The lowest BCUT2D eigenvalue weighted by Gasteiger charge is -2.11. The first-order chi connectivity index (χ1) is 8.11. The summed E-state index contributed by atoms with van der Waals surface area (Å²) in [4.78, 5) is 4.77. The van der Waals surface area contributed by atoms with E-state index in [1.165, 1.54) is 16.5 Å². The van der Waals surface area contributed by atoms with Crippen molar-refractivity contribution < 1.29 is 0 Å². The first-order valence-electron chi connectivity index (χ1n) is 6.17. The Bertz CT molecular complexity index is 532. The summed E-state index contributed by atoms with van der Waals surface area (Å²) in [6.45, 7) is 7.15. The number of hydrogen-bond acceptors (Lipinski definition) is 2. The van der Waals surface area contributed by atoms with Crippen LogP contribution in [0.3, 0.4) is 0 Å². The largest absolute Gasteiger partial charge is 0.330 e. The number of aryl methyl sites for hydroxylation is 2. The number of nitrogens with zero attached hydrogens (tertiary/aromatic N) is 1. The highest BCUT2D eigenvalue weighted by molar-refractivity contribution is 5.84. The molecule has 0 spiro atoms. The highest BCUT2D eigenvalue weighted by Crippen LogP contribution is 2.21. The van der Waals surface area contributed by atoms with Gasteiger partial charge in [0.1, 0.15) is 0 Å². The molecule has 0 aliphatic rings. The number of para-hydroxylation sites is 1. The van der Waals surface area contributed by atoms with E-state index in [0.29, 0.717) is 12.5 Å². The minimum atomic E-state index is 0.489.